The molecule has 0 aromatic heterocycles. The third-order valence-corrected chi connectivity index (χ3v) is 13.7. The molecule has 9 heteroatoms. The number of ether oxygens (including phenoxy) is 2. The smallest absolute Gasteiger partial charge is 0.457 e. The van der Waals surface area contributed by atoms with Crippen LogP contribution in [0.3, 0.4) is 0 Å². The number of rotatable bonds is 54. The molecule has 0 saturated carbocycles. The van der Waals surface area contributed by atoms with Crippen LogP contribution in [0.4, 0.5) is 0 Å². The first kappa shape index (κ1) is 65.7. The average Bonchev–Trinajstić information content (AvgIpc) is 3.29. The Balaban J connectivity index is 4.04. The maximum absolute atomic E-state index is 12.8. The third kappa shape index (κ3) is 55.5. The Bertz CT molecular complexity index is 1170. The zero-order chi connectivity index (χ0) is 49.0. The van der Waals surface area contributed by atoms with Crippen LogP contribution in [0.25, 0.3) is 0 Å². The number of hydrogen-bond donors (Lipinski definition) is 1. The van der Waals surface area contributed by atoms with Gasteiger partial charge in [0, 0.05) is 13.0 Å². The maximum Gasteiger partial charge on any atom is 0.472 e. The molecule has 0 bridgehead atoms. The van der Waals surface area contributed by atoms with E-state index in [0.717, 1.165) is 57.8 Å². The summed E-state index contributed by atoms with van der Waals surface area (Å²) in [6.45, 7) is 5.63. The van der Waals surface area contributed by atoms with Gasteiger partial charge in [-0.3, -0.25) is 13.8 Å². The number of quaternary nitrogens is 1. The molecule has 0 radical (unpaired) electrons. The monoisotopic (exact) mass is 967 g/mol. The summed E-state index contributed by atoms with van der Waals surface area (Å²) in [5.41, 5.74) is 0. The van der Waals surface area contributed by atoms with E-state index in [0.29, 0.717) is 24.1 Å². The molecule has 8 nitrogen and oxygen atoms in total. The fourth-order valence-electron chi connectivity index (χ4n) is 8.27. The number of esters is 1. The normalized spacial score (nSPS) is 13.7. The number of phosphoric ester groups is 1. The van der Waals surface area contributed by atoms with E-state index in [-0.39, 0.29) is 25.8 Å². The third-order valence-electron chi connectivity index (χ3n) is 12.7. The van der Waals surface area contributed by atoms with E-state index in [9.17, 15) is 14.3 Å². The zero-order valence-corrected chi connectivity index (χ0v) is 46.0. The molecule has 0 heterocycles. The van der Waals surface area contributed by atoms with Crippen molar-refractivity contribution in [2.24, 2.45) is 0 Å². The summed E-state index contributed by atoms with van der Waals surface area (Å²) < 4.78 is 35.2. The van der Waals surface area contributed by atoms with Gasteiger partial charge in [0.15, 0.2) is 0 Å². The highest BCUT2D eigenvalue weighted by atomic mass is 31.2. The summed E-state index contributed by atoms with van der Waals surface area (Å²) in [6.07, 6.45) is 63.5. The first-order valence-corrected chi connectivity index (χ1v) is 30.2. The Labute approximate surface area is 416 Å². The predicted octanol–water partition coefficient (Wildman–Crippen LogP) is 18.1. The van der Waals surface area contributed by atoms with Gasteiger partial charge in [-0.25, -0.2) is 4.57 Å². The van der Waals surface area contributed by atoms with Gasteiger partial charge >= 0.3 is 13.8 Å². The lowest BCUT2D eigenvalue weighted by Gasteiger charge is -2.24. The van der Waals surface area contributed by atoms with Crippen molar-refractivity contribution in [1.82, 2.24) is 0 Å². The highest BCUT2D eigenvalue weighted by Crippen LogP contribution is 2.43. The van der Waals surface area contributed by atoms with E-state index < -0.39 is 13.9 Å². The molecule has 1 N–H and O–H groups in total. The second-order valence-corrected chi connectivity index (χ2v) is 22.1. The number of nitrogens with zero attached hydrogens (tertiary/aromatic N) is 1. The van der Waals surface area contributed by atoms with Crippen molar-refractivity contribution in [2.45, 2.75) is 277 Å². The van der Waals surface area contributed by atoms with Gasteiger partial charge in [0.2, 0.25) is 0 Å². The van der Waals surface area contributed by atoms with E-state index in [1.54, 1.807) is 0 Å². The molecule has 0 saturated heterocycles. The Hall–Kier alpha value is -1.28. The van der Waals surface area contributed by atoms with E-state index in [1.165, 1.54) is 193 Å². The number of carbonyl (C=O) groups excluding carboxylic acids is 1. The molecule has 0 aromatic rings. The lowest BCUT2D eigenvalue weighted by Crippen LogP contribution is -2.37. The summed E-state index contributed by atoms with van der Waals surface area (Å²) in [5, 5.41) is 0. The highest BCUT2D eigenvalue weighted by molar-refractivity contribution is 7.47. The standard InChI is InChI=1S/C58H112NO7P/c1-6-8-10-12-14-16-18-20-22-24-26-27-28-29-30-31-32-34-36-38-40-42-44-46-48-50-53-63-55-57(56-65-67(61,62)64-54-52-59(3,4)5)66-58(60)51-49-47-45-43-41-39-37-35-33-25-23-21-19-17-15-13-11-9-7-2/h15,17,21,23,33,35,57H,6-14,16,18-20,22,24-32,34,36-56H2,1-5H3/p+1/b17-15-,23-21-,35-33-. The highest BCUT2D eigenvalue weighted by Gasteiger charge is 2.26. The molecule has 0 aliphatic rings. The Morgan fingerprint density at radius 1 is 0.463 bits per heavy atom. The van der Waals surface area contributed by atoms with Crippen molar-refractivity contribution < 1.29 is 37.3 Å². The summed E-state index contributed by atoms with van der Waals surface area (Å²) >= 11 is 0. The Morgan fingerprint density at radius 3 is 1.25 bits per heavy atom. The summed E-state index contributed by atoms with van der Waals surface area (Å²) in [5.74, 6) is -0.321. The summed E-state index contributed by atoms with van der Waals surface area (Å²) in [6, 6.07) is 0. The molecule has 0 spiro atoms. The molecule has 2 atom stereocenters. The van der Waals surface area contributed by atoms with Gasteiger partial charge in [0.25, 0.3) is 0 Å². The molecule has 0 aliphatic heterocycles. The van der Waals surface area contributed by atoms with Gasteiger partial charge < -0.3 is 18.9 Å². The molecule has 396 valence electrons. The largest absolute Gasteiger partial charge is 0.472 e. The zero-order valence-electron chi connectivity index (χ0n) is 45.2. The van der Waals surface area contributed by atoms with E-state index >= 15 is 0 Å². The summed E-state index contributed by atoms with van der Waals surface area (Å²) in [7, 11) is 1.67. The van der Waals surface area contributed by atoms with Crippen molar-refractivity contribution in [3.63, 3.8) is 0 Å². The van der Waals surface area contributed by atoms with Gasteiger partial charge in [0.1, 0.15) is 19.3 Å². The summed E-state index contributed by atoms with van der Waals surface area (Å²) in [4.78, 5) is 23.1. The number of allylic oxidation sites excluding steroid dienone is 6. The molecule has 0 aromatic carbocycles. The Kier molecular flexibility index (Phi) is 50.1. The van der Waals surface area contributed by atoms with E-state index in [4.69, 9.17) is 18.5 Å². The van der Waals surface area contributed by atoms with Crippen LogP contribution in [-0.2, 0) is 27.9 Å². The van der Waals surface area contributed by atoms with Crippen molar-refractivity contribution in [2.75, 3.05) is 54.1 Å². The molecular weight excluding hydrogens is 854 g/mol. The van der Waals surface area contributed by atoms with Crippen molar-refractivity contribution >= 4 is 13.8 Å². The van der Waals surface area contributed by atoms with Crippen LogP contribution in [-0.4, -0.2) is 75.6 Å². The average molecular weight is 968 g/mol. The van der Waals surface area contributed by atoms with Gasteiger partial charge in [-0.15, -0.1) is 0 Å². The first-order chi connectivity index (χ1) is 32.6. The molecular formula is C58H113NO7P+. The van der Waals surface area contributed by atoms with Crippen LogP contribution in [0.5, 0.6) is 0 Å². The fraction of sp³-hybridized carbons (Fsp3) is 0.879. The minimum Gasteiger partial charge on any atom is -0.457 e. The van der Waals surface area contributed by atoms with Gasteiger partial charge in [-0.2, -0.15) is 0 Å². The fourth-order valence-corrected chi connectivity index (χ4v) is 9.01. The molecule has 67 heavy (non-hydrogen) atoms. The van der Waals surface area contributed by atoms with Gasteiger partial charge in [-0.05, 0) is 51.4 Å². The minimum absolute atomic E-state index is 0.0870. The minimum atomic E-state index is -4.29. The Morgan fingerprint density at radius 2 is 0.821 bits per heavy atom. The number of hydrogen-bond acceptors (Lipinski definition) is 6. The second-order valence-electron chi connectivity index (χ2n) is 20.7. The molecule has 0 rings (SSSR count). The maximum atomic E-state index is 12.8. The van der Waals surface area contributed by atoms with E-state index in [2.05, 4.69) is 50.3 Å². The lowest BCUT2D eigenvalue weighted by molar-refractivity contribution is -0.870. The number of unbranched alkanes of at least 4 members (excludes halogenated alkanes) is 34. The van der Waals surface area contributed by atoms with E-state index in [1.807, 2.05) is 21.1 Å². The number of likely N-dealkylation sites (N-methyl/N-ethyl adjacent to an activating group) is 1. The van der Waals surface area contributed by atoms with Crippen molar-refractivity contribution in [3.8, 4) is 0 Å². The van der Waals surface area contributed by atoms with Gasteiger partial charge in [-0.1, -0.05) is 249 Å². The number of carbonyl (C=O) groups is 1. The molecule has 0 amide bonds. The topological polar surface area (TPSA) is 91.3 Å². The van der Waals surface area contributed by atoms with Gasteiger partial charge in [0.05, 0.1) is 34.4 Å². The van der Waals surface area contributed by atoms with Crippen LogP contribution in [0.1, 0.15) is 271 Å². The SMILES string of the molecule is CCCCC/C=C\C/C=C\C/C=C\CCCCCCCCC(=O)OC(COCCCCCCCCCCCCCCCCCCCCCCCCCCCC)COP(=O)(O)OCC[N+](C)(C)C. The van der Waals surface area contributed by atoms with Crippen LogP contribution in [0.15, 0.2) is 36.5 Å². The molecule has 0 fully saturated rings. The quantitative estimate of drug-likeness (QED) is 0.0213. The predicted molar refractivity (Wildman–Crippen MR) is 289 cm³/mol. The number of phosphoric acid groups is 1. The van der Waals surface area contributed by atoms with Crippen LogP contribution < -0.4 is 0 Å². The first-order valence-electron chi connectivity index (χ1n) is 28.7. The second kappa shape index (κ2) is 51.1. The van der Waals surface area contributed by atoms with Crippen LogP contribution in [0.2, 0.25) is 0 Å². The van der Waals surface area contributed by atoms with Crippen molar-refractivity contribution in [1.29, 1.82) is 0 Å². The lowest BCUT2D eigenvalue weighted by atomic mass is 10.0. The molecule has 0 aliphatic carbocycles. The van der Waals surface area contributed by atoms with Crippen LogP contribution in [0, 0.1) is 0 Å². The molecule has 2 unspecified atom stereocenters. The van der Waals surface area contributed by atoms with Crippen LogP contribution >= 0.6 is 7.82 Å². The van der Waals surface area contributed by atoms with Crippen molar-refractivity contribution in [3.05, 3.63) is 36.5 Å².